The summed E-state index contributed by atoms with van der Waals surface area (Å²) in [7, 11) is -3.23. The lowest BCUT2D eigenvalue weighted by molar-refractivity contribution is 0.606. The fourth-order valence-corrected chi connectivity index (χ4v) is 2.17. The zero-order valence-electron chi connectivity index (χ0n) is 7.53. The molecule has 0 atom stereocenters. The van der Waals surface area contributed by atoms with Crippen LogP contribution in [0, 0.1) is 0 Å². The van der Waals surface area contributed by atoms with Crippen LogP contribution in [0.4, 0.5) is 5.69 Å². The van der Waals surface area contributed by atoms with Gasteiger partial charge in [-0.2, -0.15) is 0 Å². The highest BCUT2D eigenvalue weighted by Gasteiger charge is 2.06. The lowest BCUT2D eigenvalue weighted by Crippen LogP contribution is -2.12. The van der Waals surface area contributed by atoms with E-state index in [1.54, 1.807) is 23.9 Å². The predicted octanol–water partition coefficient (Wildman–Crippen LogP) is 2.50. The quantitative estimate of drug-likeness (QED) is 0.686. The van der Waals surface area contributed by atoms with Gasteiger partial charge in [0.25, 0.3) is 0 Å². The maximum absolute atomic E-state index is 11.2. The Morgan fingerprint density at radius 1 is 1.36 bits per heavy atom. The Morgan fingerprint density at radius 2 is 1.93 bits per heavy atom. The summed E-state index contributed by atoms with van der Waals surface area (Å²) in [4.78, 5) is 1.10. The van der Waals surface area contributed by atoms with Crippen LogP contribution in [0.2, 0.25) is 0 Å². The van der Waals surface area contributed by atoms with Gasteiger partial charge in [-0.3, -0.25) is 4.72 Å². The van der Waals surface area contributed by atoms with E-state index in [9.17, 15) is 8.42 Å². The van der Waals surface area contributed by atoms with Crippen LogP contribution in [0.1, 0.15) is 0 Å². The van der Waals surface area contributed by atoms with Crippen molar-refractivity contribution >= 4 is 43.4 Å². The number of benzene rings is 1. The Bertz CT molecular complexity index is 388. The number of rotatable bonds is 4. The van der Waals surface area contributed by atoms with Crippen molar-refractivity contribution in [3.8, 4) is 0 Å². The zero-order chi connectivity index (χ0) is 10.6. The maximum atomic E-state index is 11.2. The fraction of sp³-hybridized carbons (Fsp3) is 0.250. The van der Waals surface area contributed by atoms with Crippen molar-refractivity contribution < 1.29 is 8.42 Å². The van der Waals surface area contributed by atoms with Crippen molar-refractivity contribution in [3.63, 3.8) is 0 Å². The van der Waals surface area contributed by atoms with Crippen LogP contribution in [0.3, 0.4) is 0 Å². The molecule has 1 rings (SSSR count). The third-order valence-electron chi connectivity index (χ3n) is 1.51. The van der Waals surface area contributed by atoms with Gasteiger partial charge in [0.05, 0.1) is 0 Å². The molecular weight excluding hydrogens is 286 g/mol. The molecule has 0 saturated heterocycles. The molecule has 0 amide bonds. The number of anilines is 1. The van der Waals surface area contributed by atoms with Crippen LogP contribution in [0.15, 0.2) is 29.2 Å². The van der Waals surface area contributed by atoms with Gasteiger partial charge in [0, 0.05) is 10.6 Å². The summed E-state index contributed by atoms with van der Waals surface area (Å²) in [5.74, 6) is 0. The molecule has 0 aliphatic carbocycles. The van der Waals surface area contributed by atoms with E-state index in [0.717, 1.165) is 4.90 Å². The first-order valence-corrected chi connectivity index (χ1v) is 7.78. The van der Waals surface area contributed by atoms with Crippen LogP contribution < -0.4 is 4.72 Å². The van der Waals surface area contributed by atoms with Crippen LogP contribution >= 0.6 is 27.7 Å². The first kappa shape index (κ1) is 11.9. The highest BCUT2D eigenvalue weighted by atomic mass is 79.9. The molecule has 0 radical (unpaired) electrons. The third kappa shape index (κ3) is 3.51. The van der Waals surface area contributed by atoms with Gasteiger partial charge in [-0.05, 0) is 30.5 Å². The molecule has 14 heavy (non-hydrogen) atoms. The number of alkyl halides is 1. The van der Waals surface area contributed by atoms with Crippen molar-refractivity contribution in [2.75, 3.05) is 15.6 Å². The Balaban J connectivity index is 2.79. The van der Waals surface area contributed by atoms with Gasteiger partial charge >= 0.3 is 0 Å². The van der Waals surface area contributed by atoms with Crippen molar-refractivity contribution in [2.45, 2.75) is 4.90 Å². The van der Waals surface area contributed by atoms with Gasteiger partial charge in [0.15, 0.2) is 0 Å². The standard InChI is InChI=1S/C8H10BrNO2S2/c1-13-8-4-2-7(3-5-8)10-14(11,12)6-9/h2-5,10H,6H2,1H3. The highest BCUT2D eigenvalue weighted by Crippen LogP contribution is 2.18. The number of halogens is 1. The Kier molecular flexibility index (Phi) is 4.28. The number of sulfonamides is 1. The molecule has 0 fully saturated rings. The molecule has 0 saturated carbocycles. The van der Waals surface area contributed by atoms with Crippen LogP contribution in [-0.2, 0) is 10.0 Å². The third-order valence-corrected chi connectivity index (χ3v) is 4.89. The summed E-state index contributed by atoms with van der Waals surface area (Å²) < 4.78 is 24.7. The minimum Gasteiger partial charge on any atom is -0.283 e. The van der Waals surface area contributed by atoms with Crippen LogP contribution in [0.5, 0.6) is 0 Å². The van der Waals surface area contributed by atoms with E-state index in [1.165, 1.54) is 0 Å². The second-order valence-corrected chi connectivity index (χ2v) is 6.46. The summed E-state index contributed by atoms with van der Waals surface area (Å²) in [6.45, 7) is 0. The van der Waals surface area contributed by atoms with Crippen LogP contribution in [-0.4, -0.2) is 19.3 Å². The molecule has 0 bridgehead atoms. The molecular formula is C8H10BrNO2S2. The number of thioether (sulfide) groups is 1. The molecule has 0 spiro atoms. The molecule has 3 nitrogen and oxygen atoms in total. The normalized spacial score (nSPS) is 11.3. The van der Waals surface area contributed by atoms with E-state index in [-0.39, 0.29) is 4.66 Å². The summed E-state index contributed by atoms with van der Waals surface area (Å²) in [5.41, 5.74) is 0.585. The first-order chi connectivity index (χ1) is 6.57. The number of hydrogen-bond donors (Lipinski definition) is 1. The van der Waals surface area contributed by atoms with Crippen molar-refractivity contribution in [1.29, 1.82) is 0 Å². The van der Waals surface area contributed by atoms with Crippen molar-refractivity contribution in [2.24, 2.45) is 0 Å². The summed E-state index contributed by atoms with van der Waals surface area (Å²) >= 11 is 4.52. The SMILES string of the molecule is CSc1ccc(NS(=O)(=O)CBr)cc1. The average molecular weight is 296 g/mol. The second kappa shape index (κ2) is 5.04. The van der Waals surface area contributed by atoms with Gasteiger partial charge in [0.2, 0.25) is 10.0 Å². The molecule has 0 unspecified atom stereocenters. The lowest BCUT2D eigenvalue weighted by atomic mass is 10.3. The van der Waals surface area contributed by atoms with Gasteiger partial charge < -0.3 is 0 Å². The van der Waals surface area contributed by atoms with Gasteiger partial charge in [-0.1, -0.05) is 15.9 Å². The molecule has 1 aromatic carbocycles. The number of hydrogen-bond acceptors (Lipinski definition) is 3. The minimum absolute atomic E-state index is 0.0930. The molecule has 1 aromatic rings. The highest BCUT2D eigenvalue weighted by molar-refractivity contribution is 9.10. The zero-order valence-corrected chi connectivity index (χ0v) is 10.7. The van der Waals surface area contributed by atoms with Crippen molar-refractivity contribution in [1.82, 2.24) is 0 Å². The molecule has 0 aliphatic heterocycles. The maximum Gasteiger partial charge on any atom is 0.242 e. The van der Waals surface area contributed by atoms with E-state index >= 15 is 0 Å². The predicted molar refractivity (Wildman–Crippen MR) is 64.6 cm³/mol. The van der Waals surface area contributed by atoms with Gasteiger partial charge in [-0.15, -0.1) is 11.8 Å². The smallest absolute Gasteiger partial charge is 0.242 e. The Labute approximate surface area is 96.5 Å². The van der Waals surface area contributed by atoms with Gasteiger partial charge in [0.1, 0.15) is 4.66 Å². The monoisotopic (exact) mass is 295 g/mol. The molecule has 6 heteroatoms. The fourth-order valence-electron chi connectivity index (χ4n) is 0.866. The van der Waals surface area contributed by atoms with E-state index in [2.05, 4.69) is 20.7 Å². The Hall–Kier alpha value is -0.200. The average Bonchev–Trinajstić information content (AvgIpc) is 2.19. The van der Waals surface area contributed by atoms with E-state index < -0.39 is 10.0 Å². The molecule has 0 aliphatic rings. The van der Waals surface area contributed by atoms with Gasteiger partial charge in [-0.25, -0.2) is 8.42 Å². The molecule has 0 aromatic heterocycles. The summed E-state index contributed by atoms with van der Waals surface area (Å²) in [6, 6.07) is 7.23. The van der Waals surface area contributed by atoms with E-state index in [1.807, 2.05) is 18.4 Å². The summed E-state index contributed by atoms with van der Waals surface area (Å²) in [6.07, 6.45) is 1.97. The first-order valence-electron chi connectivity index (χ1n) is 3.78. The molecule has 1 N–H and O–H groups in total. The van der Waals surface area contributed by atoms with E-state index in [4.69, 9.17) is 0 Å². The van der Waals surface area contributed by atoms with E-state index in [0.29, 0.717) is 5.69 Å². The second-order valence-electron chi connectivity index (χ2n) is 2.55. The molecule has 0 heterocycles. The Morgan fingerprint density at radius 3 is 2.36 bits per heavy atom. The summed E-state index contributed by atoms with van der Waals surface area (Å²) in [5, 5.41) is 0. The minimum atomic E-state index is -3.23. The largest absolute Gasteiger partial charge is 0.283 e. The van der Waals surface area contributed by atoms with Crippen molar-refractivity contribution in [3.05, 3.63) is 24.3 Å². The lowest BCUT2D eigenvalue weighted by Gasteiger charge is -2.05. The molecule has 78 valence electrons. The topological polar surface area (TPSA) is 46.2 Å². The number of nitrogens with one attached hydrogen (secondary N) is 1. The van der Waals surface area contributed by atoms with Crippen LogP contribution in [0.25, 0.3) is 0 Å².